The highest BCUT2D eigenvalue weighted by molar-refractivity contribution is 8.00. The number of benzene rings is 2. The standard InChI is InChI=1S/C22H18N4O3S2/c1-14-9-10-16(12-17(14)23-20(28)18-8-5-11-29-18)19(27)24-21-25-26-22(31-21)30-13-15-6-3-2-4-7-15/h2-12H,13H2,1H3,(H,23,28)(H,24,25,27). The molecule has 2 aromatic heterocycles. The van der Waals surface area contributed by atoms with E-state index in [2.05, 4.69) is 33.0 Å². The van der Waals surface area contributed by atoms with Gasteiger partial charge in [-0.1, -0.05) is 59.5 Å². The first-order valence-corrected chi connectivity index (χ1v) is 11.2. The lowest BCUT2D eigenvalue weighted by Gasteiger charge is -2.09. The SMILES string of the molecule is Cc1ccc(C(=O)Nc2nnc(SCc3ccccc3)s2)cc1NC(=O)c1ccco1. The van der Waals surface area contributed by atoms with Crippen LogP contribution in [0, 0.1) is 6.92 Å². The lowest BCUT2D eigenvalue weighted by molar-refractivity contribution is 0.0993. The molecule has 0 saturated heterocycles. The molecule has 0 saturated carbocycles. The van der Waals surface area contributed by atoms with Gasteiger partial charge in [-0.15, -0.1) is 10.2 Å². The average Bonchev–Trinajstić information content (AvgIpc) is 3.47. The number of thioether (sulfide) groups is 1. The van der Waals surface area contributed by atoms with Gasteiger partial charge in [0.05, 0.1) is 6.26 Å². The molecule has 0 unspecified atom stereocenters. The maximum absolute atomic E-state index is 12.7. The molecule has 0 atom stereocenters. The number of aryl methyl sites for hydroxylation is 1. The number of hydrogen-bond acceptors (Lipinski definition) is 7. The second-order valence-corrected chi connectivity index (χ2v) is 8.76. The summed E-state index contributed by atoms with van der Waals surface area (Å²) in [5, 5.41) is 14.1. The van der Waals surface area contributed by atoms with Crippen LogP contribution in [0.25, 0.3) is 0 Å². The zero-order chi connectivity index (χ0) is 21.6. The molecule has 2 amide bonds. The van der Waals surface area contributed by atoms with Gasteiger partial charge in [-0.2, -0.15) is 0 Å². The third-order valence-electron chi connectivity index (χ3n) is 4.32. The van der Waals surface area contributed by atoms with Crippen LogP contribution >= 0.6 is 23.1 Å². The van der Waals surface area contributed by atoms with Crippen LogP contribution in [0.5, 0.6) is 0 Å². The van der Waals surface area contributed by atoms with Crippen molar-refractivity contribution < 1.29 is 14.0 Å². The molecule has 0 spiro atoms. The lowest BCUT2D eigenvalue weighted by atomic mass is 10.1. The van der Waals surface area contributed by atoms with Crippen molar-refractivity contribution in [1.82, 2.24) is 10.2 Å². The van der Waals surface area contributed by atoms with Gasteiger partial charge in [-0.3, -0.25) is 14.9 Å². The summed E-state index contributed by atoms with van der Waals surface area (Å²) in [4.78, 5) is 24.9. The van der Waals surface area contributed by atoms with Crippen LogP contribution in [0.15, 0.2) is 75.7 Å². The first kappa shape index (κ1) is 20.8. The van der Waals surface area contributed by atoms with Gasteiger partial charge in [0.25, 0.3) is 11.8 Å². The maximum atomic E-state index is 12.7. The molecule has 0 radical (unpaired) electrons. The molecule has 0 aliphatic carbocycles. The Bertz CT molecular complexity index is 1190. The minimum Gasteiger partial charge on any atom is -0.459 e. The normalized spacial score (nSPS) is 10.6. The number of nitrogens with zero attached hydrogens (tertiary/aromatic N) is 2. The van der Waals surface area contributed by atoms with Crippen molar-refractivity contribution in [1.29, 1.82) is 0 Å². The van der Waals surface area contributed by atoms with Gasteiger partial charge in [-0.25, -0.2) is 0 Å². The third-order valence-corrected chi connectivity index (χ3v) is 6.37. The quantitative estimate of drug-likeness (QED) is 0.295. The second-order valence-electron chi connectivity index (χ2n) is 6.56. The van der Waals surface area contributed by atoms with Crippen molar-refractivity contribution in [2.24, 2.45) is 0 Å². The molecule has 0 fully saturated rings. The van der Waals surface area contributed by atoms with Crippen LogP contribution in [0.2, 0.25) is 0 Å². The Morgan fingerprint density at radius 1 is 1.00 bits per heavy atom. The number of anilines is 2. The number of carbonyl (C=O) groups is 2. The Balaban J connectivity index is 1.39. The minimum atomic E-state index is -0.380. The van der Waals surface area contributed by atoms with Crippen LogP contribution in [-0.4, -0.2) is 22.0 Å². The fourth-order valence-electron chi connectivity index (χ4n) is 2.70. The molecule has 7 nitrogen and oxygen atoms in total. The lowest BCUT2D eigenvalue weighted by Crippen LogP contribution is -2.15. The van der Waals surface area contributed by atoms with Gasteiger partial charge < -0.3 is 9.73 Å². The van der Waals surface area contributed by atoms with E-state index in [1.54, 1.807) is 42.1 Å². The zero-order valence-electron chi connectivity index (χ0n) is 16.5. The summed E-state index contributed by atoms with van der Waals surface area (Å²) in [6.07, 6.45) is 1.43. The summed E-state index contributed by atoms with van der Waals surface area (Å²) in [6.45, 7) is 1.85. The molecule has 0 bridgehead atoms. The fraction of sp³-hybridized carbons (Fsp3) is 0.0909. The van der Waals surface area contributed by atoms with E-state index < -0.39 is 0 Å². The van der Waals surface area contributed by atoms with Crippen molar-refractivity contribution in [2.45, 2.75) is 17.0 Å². The summed E-state index contributed by atoms with van der Waals surface area (Å²) < 4.78 is 5.88. The van der Waals surface area contributed by atoms with Gasteiger partial charge in [0.1, 0.15) is 0 Å². The minimum absolute atomic E-state index is 0.198. The van der Waals surface area contributed by atoms with Gasteiger partial charge in [0.15, 0.2) is 10.1 Å². The van der Waals surface area contributed by atoms with Crippen molar-refractivity contribution in [3.8, 4) is 0 Å². The van der Waals surface area contributed by atoms with E-state index >= 15 is 0 Å². The Labute approximate surface area is 186 Å². The number of furan rings is 1. The highest BCUT2D eigenvalue weighted by Crippen LogP contribution is 2.28. The van der Waals surface area contributed by atoms with Crippen LogP contribution in [0.3, 0.4) is 0 Å². The van der Waals surface area contributed by atoms with E-state index in [1.165, 1.54) is 23.2 Å². The summed E-state index contributed by atoms with van der Waals surface area (Å²) in [7, 11) is 0. The molecular weight excluding hydrogens is 432 g/mol. The second kappa shape index (κ2) is 9.59. The first-order chi connectivity index (χ1) is 15.1. The zero-order valence-corrected chi connectivity index (χ0v) is 18.1. The van der Waals surface area contributed by atoms with Crippen LogP contribution in [0.4, 0.5) is 10.8 Å². The Morgan fingerprint density at radius 3 is 2.61 bits per heavy atom. The smallest absolute Gasteiger partial charge is 0.291 e. The third kappa shape index (κ3) is 5.39. The molecular formula is C22H18N4O3S2. The first-order valence-electron chi connectivity index (χ1n) is 9.35. The number of rotatable bonds is 7. The Kier molecular flexibility index (Phi) is 6.44. The molecule has 4 aromatic rings. The molecule has 0 aliphatic rings. The summed E-state index contributed by atoms with van der Waals surface area (Å²) in [5.74, 6) is 0.267. The van der Waals surface area contributed by atoms with E-state index in [0.717, 1.165) is 15.7 Å². The monoisotopic (exact) mass is 450 g/mol. The molecule has 2 N–H and O–H groups in total. The number of carbonyl (C=O) groups excluding carboxylic acids is 2. The van der Waals surface area contributed by atoms with Crippen molar-refractivity contribution >= 4 is 45.7 Å². The molecule has 9 heteroatoms. The maximum Gasteiger partial charge on any atom is 0.291 e. The largest absolute Gasteiger partial charge is 0.459 e. The fourth-order valence-corrected chi connectivity index (χ4v) is 4.40. The van der Waals surface area contributed by atoms with E-state index in [1.807, 2.05) is 25.1 Å². The topological polar surface area (TPSA) is 97.1 Å². The van der Waals surface area contributed by atoms with Gasteiger partial charge >= 0.3 is 0 Å². The van der Waals surface area contributed by atoms with Crippen molar-refractivity contribution in [3.05, 3.63) is 89.4 Å². The van der Waals surface area contributed by atoms with Crippen molar-refractivity contribution in [2.75, 3.05) is 10.6 Å². The number of hydrogen-bond donors (Lipinski definition) is 2. The van der Waals surface area contributed by atoms with E-state index in [-0.39, 0.29) is 17.6 Å². The van der Waals surface area contributed by atoms with Crippen LogP contribution in [0.1, 0.15) is 32.0 Å². The van der Waals surface area contributed by atoms with E-state index in [0.29, 0.717) is 16.4 Å². The highest BCUT2D eigenvalue weighted by atomic mass is 32.2. The molecule has 2 aromatic carbocycles. The predicted octanol–water partition coefficient (Wildman–Crippen LogP) is 5.24. The molecule has 156 valence electrons. The number of nitrogens with one attached hydrogen (secondary N) is 2. The van der Waals surface area contributed by atoms with Crippen LogP contribution < -0.4 is 10.6 Å². The van der Waals surface area contributed by atoms with E-state index in [9.17, 15) is 9.59 Å². The van der Waals surface area contributed by atoms with Gasteiger partial charge in [0, 0.05) is 17.0 Å². The molecule has 2 heterocycles. The predicted molar refractivity (Wildman–Crippen MR) is 122 cm³/mol. The molecule has 0 aliphatic heterocycles. The molecule has 31 heavy (non-hydrogen) atoms. The van der Waals surface area contributed by atoms with Crippen LogP contribution in [-0.2, 0) is 5.75 Å². The summed E-state index contributed by atoms with van der Waals surface area (Å²) in [6, 6.07) is 18.4. The average molecular weight is 451 g/mol. The summed E-state index contributed by atoms with van der Waals surface area (Å²) in [5.41, 5.74) is 2.95. The number of amides is 2. The Hall–Kier alpha value is -3.43. The Morgan fingerprint density at radius 2 is 1.84 bits per heavy atom. The van der Waals surface area contributed by atoms with E-state index in [4.69, 9.17) is 4.42 Å². The number of aromatic nitrogens is 2. The van der Waals surface area contributed by atoms with Gasteiger partial charge in [0.2, 0.25) is 5.13 Å². The highest BCUT2D eigenvalue weighted by Gasteiger charge is 2.15. The van der Waals surface area contributed by atoms with Gasteiger partial charge in [-0.05, 0) is 42.3 Å². The van der Waals surface area contributed by atoms with Crippen molar-refractivity contribution in [3.63, 3.8) is 0 Å². The molecule has 4 rings (SSSR count). The summed E-state index contributed by atoms with van der Waals surface area (Å²) >= 11 is 2.88.